The highest BCUT2D eigenvalue weighted by Crippen LogP contribution is 2.23. The minimum Gasteiger partial charge on any atom is -0.457 e. The van der Waals surface area contributed by atoms with E-state index in [1.54, 1.807) is 0 Å². The molecule has 1 N–H and O–H groups in total. The first kappa shape index (κ1) is 19.2. The zero-order valence-corrected chi connectivity index (χ0v) is 16.2. The van der Waals surface area contributed by atoms with Crippen LogP contribution in [0.15, 0.2) is 78.9 Å². The molecular formula is C24H24N2O3. The topological polar surface area (TPSA) is 50.8 Å². The summed E-state index contributed by atoms with van der Waals surface area (Å²) in [6.45, 7) is 4.21. The quantitative estimate of drug-likeness (QED) is 0.672. The maximum atomic E-state index is 12.7. The molecule has 4 rings (SSSR count). The first-order valence-electron chi connectivity index (χ1n) is 9.80. The molecule has 0 bridgehead atoms. The summed E-state index contributed by atoms with van der Waals surface area (Å²) < 4.78 is 11.2. The second kappa shape index (κ2) is 9.37. The SMILES string of the molecule is O=C(Nc1ccc(Oc2ccccc2)cc1)c1cccc(CN2CCOCC2)c1. The molecule has 1 saturated heterocycles. The normalized spacial score (nSPS) is 14.3. The van der Waals surface area contributed by atoms with Crippen molar-refractivity contribution in [2.45, 2.75) is 6.54 Å². The standard InChI is InChI=1S/C24H24N2O3/c27-24(20-6-4-5-19(17-20)18-26-13-15-28-16-14-26)25-21-9-11-23(12-10-21)29-22-7-2-1-3-8-22/h1-12,17H,13-16,18H2,(H,25,27). The van der Waals surface area contributed by atoms with Gasteiger partial charge in [-0.2, -0.15) is 0 Å². The minimum absolute atomic E-state index is 0.120. The molecule has 0 aromatic heterocycles. The van der Waals surface area contributed by atoms with Gasteiger partial charge in [-0.25, -0.2) is 0 Å². The van der Waals surface area contributed by atoms with Gasteiger partial charge < -0.3 is 14.8 Å². The van der Waals surface area contributed by atoms with Crippen LogP contribution in [0.5, 0.6) is 11.5 Å². The molecule has 0 atom stereocenters. The smallest absolute Gasteiger partial charge is 0.255 e. The third-order valence-corrected chi connectivity index (χ3v) is 4.79. The molecule has 0 saturated carbocycles. The Balaban J connectivity index is 1.36. The van der Waals surface area contributed by atoms with Gasteiger partial charge in [0, 0.05) is 30.9 Å². The van der Waals surface area contributed by atoms with Crippen LogP contribution in [-0.2, 0) is 11.3 Å². The van der Waals surface area contributed by atoms with Crippen molar-refractivity contribution in [1.82, 2.24) is 4.90 Å². The van der Waals surface area contributed by atoms with Gasteiger partial charge in [-0.1, -0.05) is 30.3 Å². The summed E-state index contributed by atoms with van der Waals surface area (Å²) in [5, 5.41) is 2.95. The Morgan fingerprint density at radius 3 is 2.38 bits per heavy atom. The van der Waals surface area contributed by atoms with E-state index in [0.29, 0.717) is 5.56 Å². The third-order valence-electron chi connectivity index (χ3n) is 4.79. The fourth-order valence-electron chi connectivity index (χ4n) is 3.26. The number of nitrogens with zero attached hydrogens (tertiary/aromatic N) is 1. The van der Waals surface area contributed by atoms with Gasteiger partial charge in [0.05, 0.1) is 13.2 Å². The summed E-state index contributed by atoms with van der Waals surface area (Å²) in [7, 11) is 0. The second-order valence-electron chi connectivity index (χ2n) is 6.98. The monoisotopic (exact) mass is 388 g/mol. The molecule has 0 aliphatic carbocycles. The number of ether oxygens (including phenoxy) is 2. The summed E-state index contributed by atoms with van der Waals surface area (Å²) in [4.78, 5) is 15.0. The molecule has 3 aromatic carbocycles. The van der Waals surface area contributed by atoms with Crippen LogP contribution in [0.1, 0.15) is 15.9 Å². The molecule has 0 radical (unpaired) electrons. The lowest BCUT2D eigenvalue weighted by Gasteiger charge is -2.26. The molecule has 29 heavy (non-hydrogen) atoms. The summed E-state index contributed by atoms with van der Waals surface area (Å²) >= 11 is 0. The fraction of sp³-hybridized carbons (Fsp3) is 0.208. The van der Waals surface area contributed by atoms with E-state index in [-0.39, 0.29) is 5.91 Å². The molecule has 1 fully saturated rings. The van der Waals surface area contributed by atoms with Gasteiger partial charge in [-0.15, -0.1) is 0 Å². The van der Waals surface area contributed by atoms with Crippen molar-refractivity contribution in [1.29, 1.82) is 0 Å². The largest absolute Gasteiger partial charge is 0.457 e. The van der Waals surface area contributed by atoms with Gasteiger partial charge in [0.25, 0.3) is 5.91 Å². The Morgan fingerprint density at radius 1 is 0.897 bits per heavy atom. The van der Waals surface area contributed by atoms with Crippen LogP contribution in [0.4, 0.5) is 5.69 Å². The Bertz CT molecular complexity index is 936. The van der Waals surface area contributed by atoms with Crippen molar-refractivity contribution in [3.8, 4) is 11.5 Å². The van der Waals surface area contributed by atoms with Gasteiger partial charge in [0.15, 0.2) is 0 Å². The average Bonchev–Trinajstić information content (AvgIpc) is 2.77. The van der Waals surface area contributed by atoms with Gasteiger partial charge in [-0.05, 0) is 54.1 Å². The lowest BCUT2D eigenvalue weighted by atomic mass is 10.1. The Labute approximate surface area is 170 Å². The van der Waals surface area contributed by atoms with Crippen LogP contribution >= 0.6 is 0 Å². The van der Waals surface area contributed by atoms with Crippen molar-refractivity contribution in [3.63, 3.8) is 0 Å². The third kappa shape index (κ3) is 5.44. The molecule has 1 aliphatic rings. The number of hydrogen-bond donors (Lipinski definition) is 1. The minimum atomic E-state index is -0.120. The van der Waals surface area contributed by atoms with Crippen LogP contribution in [0, 0.1) is 0 Å². The van der Waals surface area contributed by atoms with Crippen LogP contribution in [0.2, 0.25) is 0 Å². The highest BCUT2D eigenvalue weighted by Gasteiger charge is 2.12. The summed E-state index contributed by atoms with van der Waals surface area (Å²) in [6.07, 6.45) is 0. The van der Waals surface area contributed by atoms with Crippen LogP contribution in [-0.4, -0.2) is 37.1 Å². The molecule has 1 aliphatic heterocycles. The molecule has 5 heteroatoms. The second-order valence-corrected chi connectivity index (χ2v) is 6.98. The van der Waals surface area contributed by atoms with Crippen molar-refractivity contribution in [3.05, 3.63) is 90.0 Å². The van der Waals surface area contributed by atoms with E-state index in [1.807, 2.05) is 72.8 Å². The van der Waals surface area contributed by atoms with Crippen molar-refractivity contribution < 1.29 is 14.3 Å². The molecule has 1 heterocycles. The lowest BCUT2D eigenvalue weighted by Crippen LogP contribution is -2.35. The molecule has 5 nitrogen and oxygen atoms in total. The van der Waals surface area contributed by atoms with Crippen LogP contribution in [0.25, 0.3) is 0 Å². The molecule has 1 amide bonds. The number of anilines is 1. The van der Waals surface area contributed by atoms with E-state index >= 15 is 0 Å². The molecule has 148 valence electrons. The maximum absolute atomic E-state index is 12.7. The van der Waals surface area contributed by atoms with Gasteiger partial charge >= 0.3 is 0 Å². The molecule has 0 unspecified atom stereocenters. The lowest BCUT2D eigenvalue weighted by molar-refractivity contribution is 0.0342. The summed E-state index contributed by atoms with van der Waals surface area (Å²) in [5.74, 6) is 1.38. The van der Waals surface area contributed by atoms with Crippen molar-refractivity contribution in [2.75, 3.05) is 31.6 Å². The van der Waals surface area contributed by atoms with E-state index in [1.165, 1.54) is 0 Å². The summed E-state index contributed by atoms with van der Waals surface area (Å²) in [6, 6.07) is 24.8. The Hall–Kier alpha value is -3.15. The Kier molecular flexibility index (Phi) is 6.19. The number of benzene rings is 3. The van der Waals surface area contributed by atoms with Crippen molar-refractivity contribution >= 4 is 11.6 Å². The first-order chi connectivity index (χ1) is 14.3. The summed E-state index contributed by atoms with van der Waals surface area (Å²) in [5.41, 5.74) is 2.51. The number of rotatable bonds is 6. The molecule has 3 aromatic rings. The number of morpholine rings is 1. The number of hydrogen-bond acceptors (Lipinski definition) is 4. The average molecular weight is 388 g/mol. The number of amides is 1. The maximum Gasteiger partial charge on any atom is 0.255 e. The number of nitrogens with one attached hydrogen (secondary N) is 1. The highest BCUT2D eigenvalue weighted by molar-refractivity contribution is 6.04. The van der Waals surface area contributed by atoms with Crippen LogP contribution in [0.3, 0.4) is 0 Å². The van der Waals surface area contributed by atoms with Gasteiger partial charge in [0.1, 0.15) is 11.5 Å². The van der Waals surface area contributed by atoms with Gasteiger partial charge in [0.2, 0.25) is 0 Å². The van der Waals surface area contributed by atoms with E-state index in [0.717, 1.165) is 55.6 Å². The number of carbonyl (C=O) groups is 1. The zero-order valence-electron chi connectivity index (χ0n) is 16.2. The van der Waals surface area contributed by atoms with E-state index < -0.39 is 0 Å². The highest BCUT2D eigenvalue weighted by atomic mass is 16.5. The molecule has 0 spiro atoms. The predicted molar refractivity (Wildman–Crippen MR) is 113 cm³/mol. The number of carbonyl (C=O) groups excluding carboxylic acids is 1. The van der Waals surface area contributed by atoms with Crippen LogP contribution < -0.4 is 10.1 Å². The van der Waals surface area contributed by atoms with Crippen molar-refractivity contribution in [2.24, 2.45) is 0 Å². The Morgan fingerprint density at radius 2 is 1.62 bits per heavy atom. The van der Waals surface area contributed by atoms with Gasteiger partial charge in [-0.3, -0.25) is 9.69 Å². The van der Waals surface area contributed by atoms with E-state index in [9.17, 15) is 4.79 Å². The van der Waals surface area contributed by atoms with E-state index in [4.69, 9.17) is 9.47 Å². The zero-order chi connectivity index (χ0) is 19.9. The predicted octanol–water partition coefficient (Wildman–Crippen LogP) is 4.56. The first-order valence-corrected chi connectivity index (χ1v) is 9.80. The number of para-hydroxylation sites is 1. The fourth-order valence-corrected chi connectivity index (χ4v) is 3.26. The molecular weight excluding hydrogens is 364 g/mol. The van der Waals surface area contributed by atoms with E-state index in [2.05, 4.69) is 16.3 Å².